The minimum absolute atomic E-state index is 0.0513. The summed E-state index contributed by atoms with van der Waals surface area (Å²) in [5, 5.41) is 13.5. The largest absolute Gasteiger partial charge is 0.481 e. The molecule has 3 N–H and O–H groups in total. The van der Waals surface area contributed by atoms with Crippen LogP contribution in [0.2, 0.25) is 0 Å². The van der Waals surface area contributed by atoms with Crippen LogP contribution < -0.4 is 10.6 Å². The van der Waals surface area contributed by atoms with Crippen LogP contribution in [-0.2, 0) is 4.79 Å². The molecule has 1 unspecified atom stereocenters. The molecule has 0 heterocycles. The summed E-state index contributed by atoms with van der Waals surface area (Å²) in [5.41, 5.74) is 0. The molecule has 5 nitrogen and oxygen atoms in total. The van der Waals surface area contributed by atoms with Gasteiger partial charge < -0.3 is 15.7 Å². The topological polar surface area (TPSA) is 78.4 Å². The van der Waals surface area contributed by atoms with E-state index in [-0.39, 0.29) is 25.0 Å². The quantitative estimate of drug-likeness (QED) is 0.609. The molecule has 0 saturated heterocycles. The number of carboxylic acid groups (broad SMARTS) is 1. The van der Waals surface area contributed by atoms with Crippen LogP contribution in [0.5, 0.6) is 0 Å². The van der Waals surface area contributed by atoms with Crippen molar-refractivity contribution in [3.05, 3.63) is 0 Å². The van der Waals surface area contributed by atoms with Gasteiger partial charge in [0.1, 0.15) is 0 Å². The highest BCUT2D eigenvalue weighted by molar-refractivity contribution is 7.98. The maximum Gasteiger partial charge on any atom is 0.315 e. The molecule has 0 aliphatic carbocycles. The molecular weight excluding hydrogens is 204 g/mol. The molecular formula is C8H16N2O3S. The predicted octanol–water partition coefficient (Wildman–Crippen LogP) is 0.512. The van der Waals surface area contributed by atoms with E-state index in [1.807, 2.05) is 13.2 Å². The second-order valence-electron chi connectivity index (χ2n) is 2.90. The fourth-order valence-electron chi connectivity index (χ4n) is 0.849. The number of hydrogen-bond acceptors (Lipinski definition) is 3. The van der Waals surface area contributed by atoms with Crippen LogP contribution in [0.4, 0.5) is 4.79 Å². The first-order chi connectivity index (χ1) is 6.56. The monoisotopic (exact) mass is 220 g/mol. The molecule has 0 aromatic carbocycles. The fraction of sp³-hybridized carbons (Fsp3) is 0.750. The van der Waals surface area contributed by atoms with Crippen LogP contribution in [0.25, 0.3) is 0 Å². The molecule has 82 valence electrons. The van der Waals surface area contributed by atoms with Crippen molar-refractivity contribution in [2.45, 2.75) is 19.4 Å². The first-order valence-corrected chi connectivity index (χ1v) is 5.70. The van der Waals surface area contributed by atoms with E-state index < -0.39 is 5.97 Å². The van der Waals surface area contributed by atoms with E-state index in [9.17, 15) is 9.59 Å². The lowest BCUT2D eigenvalue weighted by molar-refractivity contribution is -0.136. The third-order valence-electron chi connectivity index (χ3n) is 1.42. The van der Waals surface area contributed by atoms with Crippen LogP contribution >= 0.6 is 11.8 Å². The van der Waals surface area contributed by atoms with E-state index >= 15 is 0 Å². The Hall–Kier alpha value is -0.910. The highest BCUT2D eigenvalue weighted by Crippen LogP contribution is 1.95. The number of rotatable bonds is 6. The zero-order chi connectivity index (χ0) is 11.0. The Morgan fingerprint density at radius 3 is 2.64 bits per heavy atom. The Balaban J connectivity index is 3.50. The SMILES string of the molecule is CSCC(C)NC(=O)NCCC(=O)O. The van der Waals surface area contributed by atoms with Gasteiger partial charge in [0.05, 0.1) is 6.42 Å². The Bertz CT molecular complexity index is 199. The normalized spacial score (nSPS) is 11.9. The van der Waals surface area contributed by atoms with Crippen molar-refractivity contribution in [2.75, 3.05) is 18.6 Å². The van der Waals surface area contributed by atoms with Crippen molar-refractivity contribution in [1.29, 1.82) is 0 Å². The number of aliphatic carboxylic acids is 1. The zero-order valence-electron chi connectivity index (χ0n) is 8.37. The Morgan fingerprint density at radius 1 is 1.50 bits per heavy atom. The van der Waals surface area contributed by atoms with Crippen molar-refractivity contribution in [1.82, 2.24) is 10.6 Å². The molecule has 2 amide bonds. The van der Waals surface area contributed by atoms with Crippen LogP contribution in [0, 0.1) is 0 Å². The minimum atomic E-state index is -0.914. The highest BCUT2D eigenvalue weighted by atomic mass is 32.2. The number of carboxylic acids is 1. The summed E-state index contributed by atoms with van der Waals surface area (Å²) in [6, 6.07) is -0.220. The number of nitrogens with one attached hydrogen (secondary N) is 2. The summed E-state index contributed by atoms with van der Waals surface area (Å²) in [6.07, 6.45) is 1.91. The fourth-order valence-corrected chi connectivity index (χ4v) is 1.43. The van der Waals surface area contributed by atoms with Gasteiger partial charge in [0, 0.05) is 18.3 Å². The summed E-state index contributed by atoms with van der Waals surface area (Å²) >= 11 is 1.64. The molecule has 0 rings (SSSR count). The lowest BCUT2D eigenvalue weighted by atomic mass is 10.4. The molecule has 0 fully saturated rings. The van der Waals surface area contributed by atoms with Gasteiger partial charge in [0.15, 0.2) is 0 Å². The second kappa shape index (κ2) is 7.49. The van der Waals surface area contributed by atoms with E-state index in [0.29, 0.717) is 0 Å². The van der Waals surface area contributed by atoms with Crippen LogP contribution in [0.15, 0.2) is 0 Å². The summed E-state index contributed by atoms with van der Waals surface area (Å²) < 4.78 is 0. The van der Waals surface area contributed by atoms with Gasteiger partial charge in [-0.2, -0.15) is 11.8 Å². The summed E-state index contributed by atoms with van der Waals surface area (Å²) in [5.74, 6) is -0.0748. The second-order valence-corrected chi connectivity index (χ2v) is 3.81. The number of urea groups is 1. The Morgan fingerprint density at radius 2 is 2.14 bits per heavy atom. The molecule has 0 bridgehead atoms. The molecule has 6 heteroatoms. The first-order valence-electron chi connectivity index (χ1n) is 4.31. The minimum Gasteiger partial charge on any atom is -0.481 e. The molecule has 0 spiro atoms. The molecule has 0 aromatic heterocycles. The van der Waals surface area contributed by atoms with E-state index in [0.717, 1.165) is 5.75 Å². The molecule has 14 heavy (non-hydrogen) atoms. The van der Waals surface area contributed by atoms with Gasteiger partial charge in [-0.25, -0.2) is 4.79 Å². The third-order valence-corrected chi connectivity index (χ3v) is 2.25. The highest BCUT2D eigenvalue weighted by Gasteiger charge is 2.05. The molecule has 1 atom stereocenters. The van der Waals surface area contributed by atoms with Crippen molar-refractivity contribution in [3.63, 3.8) is 0 Å². The van der Waals surface area contributed by atoms with Crippen molar-refractivity contribution in [3.8, 4) is 0 Å². The van der Waals surface area contributed by atoms with Gasteiger partial charge in [-0.3, -0.25) is 4.79 Å². The van der Waals surface area contributed by atoms with Crippen molar-refractivity contribution >= 4 is 23.8 Å². The molecule has 0 saturated carbocycles. The molecule has 0 aromatic rings. The Labute approximate surface area is 87.6 Å². The Kier molecular flexibility index (Phi) is 7.00. The average Bonchev–Trinajstić information content (AvgIpc) is 2.03. The third kappa shape index (κ3) is 7.72. The van der Waals surface area contributed by atoms with Crippen molar-refractivity contribution < 1.29 is 14.7 Å². The number of carbonyl (C=O) groups is 2. The maximum atomic E-state index is 11.1. The van der Waals surface area contributed by atoms with Gasteiger partial charge >= 0.3 is 12.0 Å². The first kappa shape index (κ1) is 13.1. The lowest BCUT2D eigenvalue weighted by Gasteiger charge is -2.12. The van der Waals surface area contributed by atoms with Gasteiger partial charge in [-0.1, -0.05) is 0 Å². The maximum absolute atomic E-state index is 11.1. The van der Waals surface area contributed by atoms with Crippen LogP contribution in [0.3, 0.4) is 0 Å². The van der Waals surface area contributed by atoms with Gasteiger partial charge in [-0.05, 0) is 13.2 Å². The van der Waals surface area contributed by atoms with E-state index in [2.05, 4.69) is 10.6 Å². The number of hydrogen-bond donors (Lipinski definition) is 3. The van der Waals surface area contributed by atoms with Crippen molar-refractivity contribution in [2.24, 2.45) is 0 Å². The summed E-state index contributed by atoms with van der Waals surface area (Å²) in [4.78, 5) is 21.2. The van der Waals surface area contributed by atoms with Gasteiger partial charge in [-0.15, -0.1) is 0 Å². The van der Waals surface area contributed by atoms with E-state index in [4.69, 9.17) is 5.11 Å². The number of thioether (sulfide) groups is 1. The van der Waals surface area contributed by atoms with Gasteiger partial charge in [0.25, 0.3) is 0 Å². The van der Waals surface area contributed by atoms with Crippen LogP contribution in [0.1, 0.15) is 13.3 Å². The number of carbonyl (C=O) groups excluding carboxylic acids is 1. The smallest absolute Gasteiger partial charge is 0.315 e. The molecule has 0 aliphatic heterocycles. The van der Waals surface area contributed by atoms with Gasteiger partial charge in [0.2, 0.25) is 0 Å². The van der Waals surface area contributed by atoms with E-state index in [1.54, 1.807) is 11.8 Å². The number of amides is 2. The lowest BCUT2D eigenvalue weighted by Crippen LogP contribution is -2.42. The zero-order valence-corrected chi connectivity index (χ0v) is 9.19. The summed E-state index contributed by atoms with van der Waals surface area (Å²) in [6.45, 7) is 2.06. The molecule has 0 radical (unpaired) electrons. The molecule has 0 aliphatic rings. The standard InChI is InChI=1S/C8H16N2O3S/c1-6(5-14-2)10-8(13)9-4-3-7(11)12/h6H,3-5H2,1-2H3,(H,11,12)(H2,9,10,13). The summed E-state index contributed by atoms with van der Waals surface area (Å²) in [7, 11) is 0. The van der Waals surface area contributed by atoms with E-state index in [1.165, 1.54) is 0 Å². The van der Waals surface area contributed by atoms with Crippen LogP contribution in [-0.4, -0.2) is 41.7 Å². The average molecular weight is 220 g/mol. The predicted molar refractivity (Wildman–Crippen MR) is 56.6 cm³/mol.